The fourth-order valence-electron chi connectivity index (χ4n) is 2.30. The highest BCUT2D eigenvalue weighted by Crippen LogP contribution is 2.21. The van der Waals surface area contributed by atoms with E-state index in [1.807, 2.05) is 6.07 Å². The third kappa shape index (κ3) is 4.43. The van der Waals surface area contributed by atoms with Crippen LogP contribution in [-0.2, 0) is 20.8 Å². The van der Waals surface area contributed by atoms with Gasteiger partial charge in [0.25, 0.3) is 0 Å². The molecule has 1 fully saturated rings. The summed E-state index contributed by atoms with van der Waals surface area (Å²) in [4.78, 5) is 13.5. The first-order valence-electron chi connectivity index (χ1n) is 6.71. The van der Waals surface area contributed by atoms with E-state index in [0.29, 0.717) is 30.3 Å². The summed E-state index contributed by atoms with van der Waals surface area (Å²) in [6.07, 6.45) is 0.108. The summed E-state index contributed by atoms with van der Waals surface area (Å²) in [6.45, 7) is 2.70. The Balaban J connectivity index is 1.96. The Kier molecular flexibility index (Phi) is 5.57. The molecule has 0 spiro atoms. The summed E-state index contributed by atoms with van der Waals surface area (Å²) >= 11 is 6.19. The summed E-state index contributed by atoms with van der Waals surface area (Å²) in [5.41, 5.74) is 1.52. The highest BCUT2D eigenvalue weighted by molar-refractivity contribution is 6.31. The molecule has 1 unspecified atom stereocenters. The number of hydrogen-bond acceptors (Lipinski definition) is 5. The number of ether oxygens (including phenoxy) is 2. The molecule has 2 rings (SSSR count). The van der Waals surface area contributed by atoms with Crippen molar-refractivity contribution < 1.29 is 14.3 Å². The first-order chi connectivity index (χ1) is 10.1. The Morgan fingerprint density at radius 3 is 3.10 bits per heavy atom. The second kappa shape index (κ2) is 7.41. The van der Waals surface area contributed by atoms with Crippen molar-refractivity contribution >= 4 is 17.6 Å². The number of nitriles is 1. The van der Waals surface area contributed by atoms with E-state index < -0.39 is 0 Å². The van der Waals surface area contributed by atoms with Crippen LogP contribution in [0.25, 0.3) is 0 Å². The van der Waals surface area contributed by atoms with E-state index >= 15 is 0 Å². The SMILES string of the molecule is COC(=O)CC1CN(Cc2ccc(C#N)cc2Cl)CCO1. The summed E-state index contributed by atoms with van der Waals surface area (Å²) in [5, 5.41) is 9.43. The lowest BCUT2D eigenvalue weighted by molar-refractivity contribution is -0.145. The minimum Gasteiger partial charge on any atom is -0.469 e. The monoisotopic (exact) mass is 308 g/mol. The van der Waals surface area contributed by atoms with Crippen molar-refractivity contribution in [1.29, 1.82) is 5.26 Å². The Bertz CT molecular complexity index is 556. The van der Waals surface area contributed by atoms with Crippen LogP contribution < -0.4 is 0 Å². The maximum absolute atomic E-state index is 11.3. The Morgan fingerprint density at radius 1 is 1.62 bits per heavy atom. The van der Waals surface area contributed by atoms with Gasteiger partial charge in [-0.1, -0.05) is 17.7 Å². The van der Waals surface area contributed by atoms with Crippen LogP contribution in [0, 0.1) is 11.3 Å². The number of morpholine rings is 1. The van der Waals surface area contributed by atoms with Crippen LogP contribution in [0.3, 0.4) is 0 Å². The van der Waals surface area contributed by atoms with Crippen molar-refractivity contribution in [3.05, 3.63) is 34.3 Å². The molecule has 1 saturated heterocycles. The number of carbonyl (C=O) groups excluding carboxylic acids is 1. The number of nitrogens with zero attached hydrogens (tertiary/aromatic N) is 2. The number of methoxy groups -OCH3 is 1. The van der Waals surface area contributed by atoms with Gasteiger partial charge in [-0.15, -0.1) is 0 Å². The van der Waals surface area contributed by atoms with Gasteiger partial charge in [-0.25, -0.2) is 0 Å². The normalized spacial score (nSPS) is 19.0. The lowest BCUT2D eigenvalue weighted by atomic mass is 10.1. The molecule has 5 nitrogen and oxygen atoms in total. The third-order valence-corrected chi connectivity index (χ3v) is 3.77. The quantitative estimate of drug-likeness (QED) is 0.796. The molecule has 0 aliphatic carbocycles. The third-order valence-electron chi connectivity index (χ3n) is 3.42. The zero-order valence-electron chi connectivity index (χ0n) is 11.8. The lowest BCUT2D eigenvalue weighted by Crippen LogP contribution is -2.42. The molecule has 1 aromatic carbocycles. The minimum atomic E-state index is -0.266. The summed E-state index contributed by atoms with van der Waals surface area (Å²) in [7, 11) is 1.37. The highest BCUT2D eigenvalue weighted by Gasteiger charge is 2.23. The molecule has 1 aliphatic heterocycles. The average molecular weight is 309 g/mol. The van der Waals surface area contributed by atoms with Gasteiger partial charge in [0.15, 0.2) is 0 Å². The number of rotatable bonds is 4. The summed E-state index contributed by atoms with van der Waals surface area (Å²) in [5.74, 6) is -0.266. The molecule has 0 bridgehead atoms. The average Bonchev–Trinajstić information content (AvgIpc) is 2.49. The van der Waals surface area contributed by atoms with Crippen LogP contribution in [0.4, 0.5) is 0 Å². The van der Waals surface area contributed by atoms with Crippen LogP contribution >= 0.6 is 11.6 Å². The zero-order chi connectivity index (χ0) is 15.2. The number of hydrogen-bond donors (Lipinski definition) is 0. The predicted molar refractivity (Wildman–Crippen MR) is 77.8 cm³/mol. The van der Waals surface area contributed by atoms with Gasteiger partial charge in [-0.2, -0.15) is 5.26 Å². The van der Waals surface area contributed by atoms with Crippen molar-refractivity contribution in [2.45, 2.75) is 19.1 Å². The molecule has 0 radical (unpaired) electrons. The molecule has 1 atom stereocenters. The van der Waals surface area contributed by atoms with Gasteiger partial charge in [0.05, 0.1) is 37.9 Å². The van der Waals surface area contributed by atoms with Crippen LogP contribution in [-0.4, -0.2) is 43.8 Å². The van der Waals surface area contributed by atoms with E-state index in [4.69, 9.17) is 21.6 Å². The molecule has 1 aliphatic rings. The van der Waals surface area contributed by atoms with Gasteiger partial charge in [0.1, 0.15) is 0 Å². The topological polar surface area (TPSA) is 62.6 Å². The van der Waals surface area contributed by atoms with Crippen molar-refractivity contribution in [3.63, 3.8) is 0 Å². The largest absolute Gasteiger partial charge is 0.469 e. The maximum atomic E-state index is 11.3. The molecule has 1 aromatic rings. The molecule has 112 valence electrons. The molecular formula is C15H17ClN2O3. The smallest absolute Gasteiger partial charge is 0.308 e. The van der Waals surface area contributed by atoms with Crippen LogP contribution in [0.5, 0.6) is 0 Å². The lowest BCUT2D eigenvalue weighted by Gasteiger charge is -2.32. The van der Waals surface area contributed by atoms with Crippen molar-refractivity contribution in [3.8, 4) is 6.07 Å². The first kappa shape index (κ1) is 15.8. The molecule has 0 saturated carbocycles. The molecule has 6 heteroatoms. The number of carbonyl (C=O) groups is 1. The van der Waals surface area contributed by atoms with Gasteiger partial charge >= 0.3 is 5.97 Å². The van der Waals surface area contributed by atoms with Crippen molar-refractivity contribution in [2.24, 2.45) is 0 Å². The molecule has 0 aromatic heterocycles. The second-order valence-corrected chi connectivity index (χ2v) is 5.33. The Morgan fingerprint density at radius 2 is 2.43 bits per heavy atom. The molecule has 21 heavy (non-hydrogen) atoms. The first-order valence-corrected chi connectivity index (χ1v) is 7.09. The van der Waals surface area contributed by atoms with Crippen molar-refractivity contribution in [1.82, 2.24) is 4.90 Å². The second-order valence-electron chi connectivity index (χ2n) is 4.93. The van der Waals surface area contributed by atoms with E-state index in [1.54, 1.807) is 12.1 Å². The summed E-state index contributed by atoms with van der Waals surface area (Å²) < 4.78 is 10.2. The van der Waals surface area contributed by atoms with E-state index in [2.05, 4.69) is 15.7 Å². The number of esters is 1. The highest BCUT2D eigenvalue weighted by atomic mass is 35.5. The molecular weight excluding hydrogens is 292 g/mol. The number of benzene rings is 1. The molecule has 1 heterocycles. The van der Waals surface area contributed by atoms with Gasteiger partial charge in [0, 0.05) is 24.7 Å². The molecule has 0 N–H and O–H groups in total. The summed E-state index contributed by atoms with van der Waals surface area (Å²) in [6, 6.07) is 7.36. The van der Waals surface area contributed by atoms with E-state index in [1.165, 1.54) is 7.11 Å². The zero-order valence-corrected chi connectivity index (χ0v) is 12.6. The standard InChI is InChI=1S/C15H17ClN2O3/c1-20-15(19)7-13-10-18(4-5-21-13)9-12-3-2-11(8-17)6-14(12)16/h2-3,6,13H,4-5,7,9-10H2,1H3. The van der Waals surface area contributed by atoms with Gasteiger partial charge < -0.3 is 9.47 Å². The van der Waals surface area contributed by atoms with E-state index in [-0.39, 0.29) is 18.5 Å². The predicted octanol–water partition coefficient (Wildman–Crippen LogP) is 1.98. The fraction of sp³-hybridized carbons (Fsp3) is 0.467. The van der Waals surface area contributed by atoms with Crippen molar-refractivity contribution in [2.75, 3.05) is 26.8 Å². The van der Waals surface area contributed by atoms with Gasteiger partial charge in [-0.3, -0.25) is 9.69 Å². The van der Waals surface area contributed by atoms with E-state index in [0.717, 1.165) is 12.1 Å². The van der Waals surface area contributed by atoms with E-state index in [9.17, 15) is 4.79 Å². The number of halogens is 1. The fourth-order valence-corrected chi connectivity index (χ4v) is 2.54. The van der Waals surface area contributed by atoms with Crippen LogP contribution in [0.2, 0.25) is 5.02 Å². The molecule has 0 amide bonds. The Labute approximate surface area is 129 Å². The van der Waals surface area contributed by atoms with Crippen LogP contribution in [0.15, 0.2) is 18.2 Å². The van der Waals surface area contributed by atoms with Gasteiger partial charge in [-0.05, 0) is 17.7 Å². The van der Waals surface area contributed by atoms with Gasteiger partial charge in [0.2, 0.25) is 0 Å². The van der Waals surface area contributed by atoms with Crippen LogP contribution in [0.1, 0.15) is 17.5 Å². The Hall–Kier alpha value is -1.61. The minimum absolute atomic E-state index is 0.150. The maximum Gasteiger partial charge on any atom is 0.308 e.